The Balaban J connectivity index is 1.71. The first-order valence-electron chi connectivity index (χ1n) is 9.53. The van der Waals surface area contributed by atoms with Gasteiger partial charge in [0.15, 0.2) is 0 Å². The van der Waals surface area contributed by atoms with Crippen LogP contribution in [0.1, 0.15) is 33.2 Å². The van der Waals surface area contributed by atoms with Crippen molar-refractivity contribution in [3.8, 4) is 11.3 Å². The molecule has 1 aliphatic rings. The second-order valence-corrected chi connectivity index (χ2v) is 8.21. The van der Waals surface area contributed by atoms with E-state index in [-0.39, 0.29) is 11.9 Å². The standard InChI is InChI=1S/C24H17Cl2N3O/c1-14-2-4-15(5-3-14)21-20-22(28-27-21)24(30)29(19-12-10-18(26)11-13-19)23(20)16-6-8-17(25)9-7-16/h2-13,23H,1H3,(H,27,28)/t23-/m1/s1. The molecular formula is C24H17Cl2N3O. The lowest BCUT2D eigenvalue weighted by Gasteiger charge is -2.26. The first-order valence-corrected chi connectivity index (χ1v) is 10.3. The molecule has 0 saturated carbocycles. The van der Waals surface area contributed by atoms with Gasteiger partial charge in [-0.2, -0.15) is 5.10 Å². The molecule has 5 rings (SSSR count). The van der Waals surface area contributed by atoms with Gasteiger partial charge < -0.3 is 0 Å². The van der Waals surface area contributed by atoms with Gasteiger partial charge in [-0.25, -0.2) is 0 Å². The Morgan fingerprint density at radius 3 is 2.10 bits per heavy atom. The summed E-state index contributed by atoms with van der Waals surface area (Å²) in [6, 6.07) is 22.7. The van der Waals surface area contributed by atoms with Crippen molar-refractivity contribution in [1.82, 2.24) is 10.2 Å². The molecule has 0 unspecified atom stereocenters. The first kappa shape index (κ1) is 18.9. The molecule has 4 aromatic rings. The van der Waals surface area contributed by atoms with Gasteiger partial charge >= 0.3 is 0 Å². The number of rotatable bonds is 3. The number of H-pyrrole nitrogens is 1. The van der Waals surface area contributed by atoms with Gasteiger partial charge in [-0.05, 0) is 48.9 Å². The summed E-state index contributed by atoms with van der Waals surface area (Å²) in [6.07, 6.45) is 0. The Hall–Kier alpha value is -3.08. The molecule has 0 saturated heterocycles. The molecule has 0 spiro atoms. The molecule has 1 amide bonds. The summed E-state index contributed by atoms with van der Waals surface area (Å²) in [5, 5.41) is 8.75. The second-order valence-electron chi connectivity index (χ2n) is 7.33. The van der Waals surface area contributed by atoms with Crippen molar-refractivity contribution in [2.24, 2.45) is 0 Å². The lowest BCUT2D eigenvalue weighted by Crippen LogP contribution is -2.29. The van der Waals surface area contributed by atoms with E-state index in [2.05, 4.69) is 10.2 Å². The van der Waals surface area contributed by atoms with E-state index in [4.69, 9.17) is 23.2 Å². The minimum Gasteiger partial charge on any atom is -0.295 e. The Kier molecular flexibility index (Phi) is 4.61. The van der Waals surface area contributed by atoms with Crippen LogP contribution in [0.2, 0.25) is 10.0 Å². The lowest BCUT2D eigenvalue weighted by molar-refractivity contribution is 0.0989. The first-order chi connectivity index (χ1) is 14.5. The molecule has 2 heterocycles. The van der Waals surface area contributed by atoms with Crippen LogP contribution in [0.3, 0.4) is 0 Å². The van der Waals surface area contributed by atoms with Crippen LogP contribution < -0.4 is 4.90 Å². The molecule has 148 valence electrons. The topological polar surface area (TPSA) is 49.0 Å². The van der Waals surface area contributed by atoms with Crippen molar-refractivity contribution >= 4 is 34.8 Å². The molecule has 0 radical (unpaired) electrons. The Morgan fingerprint density at radius 2 is 1.47 bits per heavy atom. The zero-order chi connectivity index (χ0) is 20.8. The van der Waals surface area contributed by atoms with Gasteiger partial charge in [-0.15, -0.1) is 0 Å². The number of amides is 1. The number of carbonyl (C=O) groups is 1. The van der Waals surface area contributed by atoms with Gasteiger partial charge in [-0.3, -0.25) is 14.8 Å². The van der Waals surface area contributed by atoms with E-state index >= 15 is 0 Å². The van der Waals surface area contributed by atoms with Gasteiger partial charge in [0.1, 0.15) is 5.69 Å². The summed E-state index contributed by atoms with van der Waals surface area (Å²) in [7, 11) is 0. The SMILES string of the molecule is Cc1ccc(-c2n[nH]c3c2[C@@H](c2ccc(Cl)cc2)N(c2ccc(Cl)cc2)C3=O)cc1. The van der Waals surface area contributed by atoms with Gasteiger partial charge in [0.05, 0.1) is 11.7 Å². The molecule has 1 aromatic heterocycles. The maximum atomic E-state index is 13.4. The fourth-order valence-corrected chi connectivity index (χ4v) is 4.16. The van der Waals surface area contributed by atoms with Crippen LogP contribution in [0, 0.1) is 6.92 Å². The van der Waals surface area contributed by atoms with Crippen LogP contribution >= 0.6 is 23.2 Å². The van der Waals surface area contributed by atoms with Gasteiger partial charge in [0.2, 0.25) is 0 Å². The maximum absolute atomic E-state index is 13.4. The Bertz CT molecular complexity index is 1230. The van der Waals surface area contributed by atoms with E-state index in [1.165, 1.54) is 5.56 Å². The van der Waals surface area contributed by atoms with E-state index in [0.29, 0.717) is 15.7 Å². The maximum Gasteiger partial charge on any atom is 0.277 e. The predicted molar refractivity (Wildman–Crippen MR) is 120 cm³/mol. The lowest BCUT2D eigenvalue weighted by atomic mass is 9.95. The highest BCUT2D eigenvalue weighted by atomic mass is 35.5. The normalized spacial score (nSPS) is 15.5. The van der Waals surface area contributed by atoms with Gasteiger partial charge in [0, 0.05) is 26.9 Å². The molecule has 6 heteroatoms. The summed E-state index contributed by atoms with van der Waals surface area (Å²) >= 11 is 12.2. The molecule has 1 atom stereocenters. The van der Waals surface area contributed by atoms with Gasteiger partial charge in [0.25, 0.3) is 5.91 Å². The highest BCUT2D eigenvalue weighted by Crippen LogP contribution is 2.45. The average Bonchev–Trinajstić information content (AvgIpc) is 3.29. The highest BCUT2D eigenvalue weighted by molar-refractivity contribution is 6.31. The molecule has 1 N–H and O–H groups in total. The second kappa shape index (κ2) is 7.31. The van der Waals surface area contributed by atoms with E-state index in [9.17, 15) is 4.79 Å². The molecule has 0 bridgehead atoms. The van der Waals surface area contributed by atoms with E-state index < -0.39 is 0 Å². The third-order valence-electron chi connectivity index (χ3n) is 5.38. The van der Waals surface area contributed by atoms with Crippen molar-refractivity contribution in [2.45, 2.75) is 13.0 Å². The number of benzene rings is 3. The average molecular weight is 434 g/mol. The van der Waals surface area contributed by atoms with Crippen molar-refractivity contribution in [1.29, 1.82) is 0 Å². The predicted octanol–water partition coefficient (Wildman–Crippen LogP) is 6.44. The molecule has 0 aliphatic carbocycles. The van der Waals surface area contributed by atoms with E-state index in [1.807, 2.05) is 67.6 Å². The largest absolute Gasteiger partial charge is 0.295 e. The molecule has 4 nitrogen and oxygen atoms in total. The summed E-state index contributed by atoms with van der Waals surface area (Å²) in [4.78, 5) is 15.2. The highest BCUT2D eigenvalue weighted by Gasteiger charge is 2.43. The summed E-state index contributed by atoms with van der Waals surface area (Å²) in [6.45, 7) is 2.04. The molecule has 30 heavy (non-hydrogen) atoms. The van der Waals surface area contributed by atoms with Crippen LogP contribution in [0.25, 0.3) is 11.3 Å². The number of aryl methyl sites for hydroxylation is 1. The fourth-order valence-electron chi connectivity index (χ4n) is 3.91. The van der Waals surface area contributed by atoms with Crippen molar-refractivity contribution in [2.75, 3.05) is 4.90 Å². The number of nitrogens with one attached hydrogen (secondary N) is 1. The number of aromatic amines is 1. The molecule has 3 aromatic carbocycles. The number of fused-ring (bicyclic) bond motifs is 1. The quantitative estimate of drug-likeness (QED) is 0.403. The summed E-state index contributed by atoms with van der Waals surface area (Å²) in [5.41, 5.74) is 5.98. The van der Waals surface area contributed by atoms with Crippen LogP contribution in [-0.2, 0) is 0 Å². The number of carbonyl (C=O) groups excluding carboxylic acids is 1. The number of anilines is 1. The minimum atomic E-state index is -0.332. The molecule has 1 aliphatic heterocycles. The zero-order valence-electron chi connectivity index (χ0n) is 16.1. The number of nitrogens with zero attached hydrogens (tertiary/aromatic N) is 2. The Morgan fingerprint density at radius 1 is 0.867 bits per heavy atom. The van der Waals surface area contributed by atoms with Crippen LogP contribution in [0.15, 0.2) is 72.8 Å². The third-order valence-corrected chi connectivity index (χ3v) is 5.89. The number of hydrogen-bond acceptors (Lipinski definition) is 2. The van der Waals surface area contributed by atoms with Gasteiger partial charge in [-0.1, -0.05) is 65.2 Å². The fraction of sp³-hybridized carbons (Fsp3) is 0.0833. The number of aromatic nitrogens is 2. The monoisotopic (exact) mass is 433 g/mol. The minimum absolute atomic E-state index is 0.127. The molecular weight excluding hydrogens is 417 g/mol. The Labute approximate surface area is 184 Å². The number of hydrogen-bond donors (Lipinski definition) is 1. The molecule has 0 fully saturated rings. The summed E-state index contributed by atoms with van der Waals surface area (Å²) < 4.78 is 0. The smallest absolute Gasteiger partial charge is 0.277 e. The van der Waals surface area contributed by atoms with E-state index in [0.717, 1.165) is 28.1 Å². The van der Waals surface area contributed by atoms with E-state index in [1.54, 1.807) is 17.0 Å². The van der Waals surface area contributed by atoms with Crippen LogP contribution in [0.4, 0.5) is 5.69 Å². The van der Waals surface area contributed by atoms with Crippen molar-refractivity contribution < 1.29 is 4.79 Å². The van der Waals surface area contributed by atoms with Crippen molar-refractivity contribution in [3.63, 3.8) is 0 Å². The van der Waals surface area contributed by atoms with Crippen molar-refractivity contribution in [3.05, 3.63) is 105 Å². The third kappa shape index (κ3) is 3.09. The van der Waals surface area contributed by atoms with Crippen LogP contribution in [-0.4, -0.2) is 16.1 Å². The van der Waals surface area contributed by atoms with Crippen LogP contribution in [0.5, 0.6) is 0 Å². The zero-order valence-corrected chi connectivity index (χ0v) is 17.6. The summed E-state index contributed by atoms with van der Waals surface area (Å²) in [5.74, 6) is -0.127. The number of halogens is 2.